The van der Waals surface area contributed by atoms with E-state index in [4.69, 9.17) is 9.47 Å². The molecule has 0 saturated heterocycles. The van der Waals surface area contributed by atoms with Gasteiger partial charge in [0.1, 0.15) is 22.8 Å². The lowest BCUT2D eigenvalue weighted by Gasteiger charge is -2.19. The summed E-state index contributed by atoms with van der Waals surface area (Å²) in [5.41, 5.74) is 2.05. The SMILES string of the molecule is CC[C@H](C)c1cc(O)c(C)c2c1Oc1cc(O)cc(C)c1C(=O)O2. The van der Waals surface area contributed by atoms with Crippen molar-refractivity contribution < 1.29 is 24.5 Å². The molecule has 0 aromatic heterocycles. The molecule has 2 aromatic carbocycles. The van der Waals surface area contributed by atoms with E-state index in [0.717, 1.165) is 12.0 Å². The molecular formula is C19H20O5. The van der Waals surface area contributed by atoms with Crippen molar-refractivity contribution in [1.82, 2.24) is 0 Å². The first-order chi connectivity index (χ1) is 11.3. The predicted molar refractivity (Wildman–Crippen MR) is 89.4 cm³/mol. The van der Waals surface area contributed by atoms with Crippen molar-refractivity contribution in [2.24, 2.45) is 0 Å². The van der Waals surface area contributed by atoms with E-state index in [1.807, 2.05) is 13.8 Å². The van der Waals surface area contributed by atoms with Crippen molar-refractivity contribution in [3.05, 3.63) is 40.5 Å². The lowest BCUT2D eigenvalue weighted by molar-refractivity contribution is 0.0735. The van der Waals surface area contributed by atoms with Crippen molar-refractivity contribution in [3.63, 3.8) is 0 Å². The van der Waals surface area contributed by atoms with E-state index in [-0.39, 0.29) is 34.5 Å². The number of fused-ring (bicyclic) bond motifs is 2. The molecule has 0 radical (unpaired) electrons. The molecule has 2 aromatic rings. The smallest absolute Gasteiger partial charge is 0.347 e. The van der Waals surface area contributed by atoms with Crippen LogP contribution in [0.4, 0.5) is 0 Å². The summed E-state index contributed by atoms with van der Waals surface area (Å²) >= 11 is 0. The Kier molecular flexibility index (Phi) is 3.87. The second-order valence-electron chi connectivity index (χ2n) is 6.20. The zero-order valence-electron chi connectivity index (χ0n) is 14.1. The maximum absolute atomic E-state index is 12.5. The minimum atomic E-state index is -0.565. The number of phenols is 2. The number of aromatic hydroxyl groups is 2. The molecule has 3 rings (SSSR count). The molecule has 1 heterocycles. The van der Waals surface area contributed by atoms with E-state index in [2.05, 4.69) is 0 Å². The summed E-state index contributed by atoms with van der Waals surface area (Å²) < 4.78 is 11.6. The normalized spacial score (nSPS) is 14.1. The summed E-state index contributed by atoms with van der Waals surface area (Å²) in [6.07, 6.45) is 0.832. The quantitative estimate of drug-likeness (QED) is 0.624. The fraction of sp³-hybridized carbons (Fsp3) is 0.316. The van der Waals surface area contributed by atoms with Crippen LogP contribution in [0, 0.1) is 13.8 Å². The molecule has 126 valence electrons. The Morgan fingerprint density at radius 1 is 1.08 bits per heavy atom. The Bertz CT molecular complexity index is 838. The highest BCUT2D eigenvalue weighted by Gasteiger charge is 2.30. The van der Waals surface area contributed by atoms with Crippen molar-refractivity contribution in [2.75, 3.05) is 0 Å². The first-order valence-corrected chi connectivity index (χ1v) is 7.93. The Morgan fingerprint density at radius 2 is 1.79 bits per heavy atom. The number of esters is 1. The zero-order chi connectivity index (χ0) is 17.6. The Labute approximate surface area is 140 Å². The van der Waals surface area contributed by atoms with Gasteiger partial charge in [-0.1, -0.05) is 13.8 Å². The van der Waals surface area contributed by atoms with Gasteiger partial charge >= 0.3 is 5.97 Å². The van der Waals surface area contributed by atoms with Gasteiger partial charge < -0.3 is 19.7 Å². The molecule has 5 heteroatoms. The molecule has 24 heavy (non-hydrogen) atoms. The summed E-state index contributed by atoms with van der Waals surface area (Å²) in [5, 5.41) is 20.1. The molecular weight excluding hydrogens is 308 g/mol. The molecule has 0 saturated carbocycles. The van der Waals surface area contributed by atoms with Gasteiger partial charge in [0, 0.05) is 17.2 Å². The molecule has 0 aliphatic carbocycles. The van der Waals surface area contributed by atoms with Crippen LogP contribution in [0.2, 0.25) is 0 Å². The Morgan fingerprint density at radius 3 is 2.46 bits per heavy atom. The highest BCUT2D eigenvalue weighted by molar-refractivity contribution is 5.97. The van der Waals surface area contributed by atoms with Crippen LogP contribution in [-0.4, -0.2) is 16.2 Å². The molecule has 0 spiro atoms. The van der Waals surface area contributed by atoms with Crippen LogP contribution in [0.5, 0.6) is 28.7 Å². The predicted octanol–water partition coefficient (Wildman–Crippen LogP) is 4.55. The van der Waals surface area contributed by atoms with Gasteiger partial charge in [-0.05, 0) is 43.9 Å². The van der Waals surface area contributed by atoms with Gasteiger partial charge in [0.15, 0.2) is 11.5 Å². The number of aryl methyl sites for hydroxylation is 1. The summed E-state index contributed by atoms with van der Waals surface area (Å²) in [4.78, 5) is 12.5. The minimum absolute atomic E-state index is 0.0168. The number of rotatable bonds is 2. The second-order valence-corrected chi connectivity index (χ2v) is 6.20. The van der Waals surface area contributed by atoms with Crippen LogP contribution in [0.1, 0.15) is 53.2 Å². The number of benzene rings is 2. The lowest BCUT2D eigenvalue weighted by atomic mass is 9.95. The number of hydrogen-bond donors (Lipinski definition) is 2. The summed E-state index contributed by atoms with van der Waals surface area (Å²) in [6, 6.07) is 4.54. The van der Waals surface area contributed by atoms with E-state index in [0.29, 0.717) is 16.9 Å². The first kappa shape index (κ1) is 16.2. The standard InChI is InChI=1S/C19H20O5/c1-5-9(2)13-8-14(21)11(4)17-18(13)23-15-7-12(20)6-10(3)16(15)19(22)24-17/h6-9,20-21H,5H2,1-4H3/t9-/m0/s1. The lowest BCUT2D eigenvalue weighted by Crippen LogP contribution is -2.10. The molecule has 1 aliphatic rings. The molecule has 2 N–H and O–H groups in total. The van der Waals surface area contributed by atoms with Gasteiger partial charge in [-0.15, -0.1) is 0 Å². The highest BCUT2D eigenvalue weighted by atomic mass is 16.6. The van der Waals surface area contributed by atoms with Gasteiger partial charge in [-0.3, -0.25) is 0 Å². The second kappa shape index (κ2) is 5.74. The van der Waals surface area contributed by atoms with E-state index >= 15 is 0 Å². The van der Waals surface area contributed by atoms with E-state index in [1.165, 1.54) is 12.1 Å². The Hall–Kier alpha value is -2.69. The van der Waals surface area contributed by atoms with E-state index in [9.17, 15) is 15.0 Å². The molecule has 1 aliphatic heterocycles. The molecule has 0 bridgehead atoms. The third-order valence-electron chi connectivity index (χ3n) is 4.52. The maximum atomic E-state index is 12.5. The number of hydrogen-bond acceptors (Lipinski definition) is 5. The van der Waals surface area contributed by atoms with Crippen molar-refractivity contribution >= 4 is 5.97 Å². The average molecular weight is 328 g/mol. The number of carbonyl (C=O) groups is 1. The van der Waals surface area contributed by atoms with Crippen LogP contribution < -0.4 is 9.47 Å². The molecule has 0 amide bonds. The van der Waals surface area contributed by atoms with Gasteiger partial charge in [-0.25, -0.2) is 4.79 Å². The number of phenolic OH excluding ortho intramolecular Hbond substituents is 2. The van der Waals surface area contributed by atoms with Crippen LogP contribution in [-0.2, 0) is 0 Å². The van der Waals surface area contributed by atoms with Crippen LogP contribution in [0.3, 0.4) is 0 Å². The van der Waals surface area contributed by atoms with Gasteiger partial charge in [0.05, 0.1) is 0 Å². The minimum Gasteiger partial charge on any atom is -0.508 e. The number of carbonyl (C=O) groups excluding carboxylic acids is 1. The molecule has 1 atom stereocenters. The van der Waals surface area contributed by atoms with Crippen LogP contribution >= 0.6 is 0 Å². The average Bonchev–Trinajstić information content (AvgIpc) is 2.66. The van der Waals surface area contributed by atoms with Gasteiger partial charge in [0.2, 0.25) is 0 Å². The zero-order valence-corrected chi connectivity index (χ0v) is 14.1. The van der Waals surface area contributed by atoms with Crippen molar-refractivity contribution in [2.45, 2.75) is 40.0 Å². The largest absolute Gasteiger partial charge is 0.508 e. The third-order valence-corrected chi connectivity index (χ3v) is 4.52. The van der Waals surface area contributed by atoms with Crippen LogP contribution in [0.25, 0.3) is 0 Å². The van der Waals surface area contributed by atoms with Crippen LogP contribution in [0.15, 0.2) is 18.2 Å². The van der Waals surface area contributed by atoms with Crippen molar-refractivity contribution in [1.29, 1.82) is 0 Å². The first-order valence-electron chi connectivity index (χ1n) is 7.93. The fourth-order valence-corrected chi connectivity index (χ4v) is 2.89. The summed E-state index contributed by atoms with van der Waals surface area (Å²) in [7, 11) is 0. The fourth-order valence-electron chi connectivity index (χ4n) is 2.89. The highest BCUT2D eigenvalue weighted by Crippen LogP contribution is 2.48. The van der Waals surface area contributed by atoms with E-state index < -0.39 is 5.97 Å². The van der Waals surface area contributed by atoms with Gasteiger partial charge in [0.25, 0.3) is 0 Å². The molecule has 0 fully saturated rings. The third kappa shape index (κ3) is 2.46. The number of ether oxygens (including phenoxy) is 2. The van der Waals surface area contributed by atoms with Gasteiger partial charge in [-0.2, -0.15) is 0 Å². The monoisotopic (exact) mass is 328 g/mol. The topological polar surface area (TPSA) is 76.0 Å². The summed E-state index contributed by atoms with van der Waals surface area (Å²) in [6.45, 7) is 7.42. The molecule has 0 unspecified atom stereocenters. The maximum Gasteiger partial charge on any atom is 0.347 e. The molecule has 5 nitrogen and oxygen atoms in total. The summed E-state index contributed by atoms with van der Waals surface area (Å²) in [5.74, 6) is 0.510. The van der Waals surface area contributed by atoms with E-state index in [1.54, 1.807) is 19.9 Å². The van der Waals surface area contributed by atoms with Crippen molar-refractivity contribution in [3.8, 4) is 28.7 Å². The Balaban J connectivity index is 2.29.